The van der Waals surface area contributed by atoms with Crippen molar-refractivity contribution in [3.8, 4) is 11.8 Å². The third-order valence-corrected chi connectivity index (χ3v) is 2.52. The summed E-state index contributed by atoms with van der Waals surface area (Å²) in [5.41, 5.74) is 1.27. The monoisotopic (exact) mass is 218 g/mol. The van der Waals surface area contributed by atoms with E-state index in [-0.39, 0.29) is 0 Å². The molecule has 0 heterocycles. The molecule has 0 fully saturated rings. The number of ether oxygens (including phenoxy) is 1. The molecule has 0 aliphatic heterocycles. The number of hydrogen-bond donors (Lipinski definition) is 0. The fourth-order valence-electron chi connectivity index (χ4n) is 1.50. The zero-order chi connectivity index (χ0) is 11.8. The molecule has 3 nitrogen and oxygen atoms in total. The van der Waals surface area contributed by atoms with E-state index in [1.54, 1.807) is 7.11 Å². The highest BCUT2D eigenvalue weighted by Gasteiger charge is 2.00. The third kappa shape index (κ3) is 4.33. The molecule has 3 heteroatoms. The van der Waals surface area contributed by atoms with Crippen molar-refractivity contribution in [3.63, 3.8) is 0 Å². The maximum absolute atomic E-state index is 8.48. The van der Waals surface area contributed by atoms with E-state index in [4.69, 9.17) is 10.00 Å². The van der Waals surface area contributed by atoms with Gasteiger partial charge in [0, 0.05) is 19.5 Å². The van der Waals surface area contributed by atoms with Crippen molar-refractivity contribution >= 4 is 0 Å². The van der Waals surface area contributed by atoms with E-state index in [0.717, 1.165) is 25.3 Å². The molecule has 0 aromatic heterocycles. The van der Waals surface area contributed by atoms with Crippen LogP contribution in [-0.2, 0) is 6.42 Å². The number of nitriles is 1. The zero-order valence-corrected chi connectivity index (χ0v) is 9.94. The molecule has 0 atom stereocenters. The van der Waals surface area contributed by atoms with Crippen LogP contribution in [0.15, 0.2) is 24.3 Å². The van der Waals surface area contributed by atoms with Gasteiger partial charge in [-0.3, -0.25) is 0 Å². The summed E-state index contributed by atoms with van der Waals surface area (Å²) < 4.78 is 5.17. The number of benzene rings is 1. The molecule has 86 valence electrons. The summed E-state index contributed by atoms with van der Waals surface area (Å²) in [7, 11) is 3.72. The fourth-order valence-corrected chi connectivity index (χ4v) is 1.50. The fraction of sp³-hybridized carbons (Fsp3) is 0.462. The SMILES string of the molecule is COc1cccc(CCN(C)CCC#N)c1. The van der Waals surface area contributed by atoms with Gasteiger partial charge in [-0.15, -0.1) is 0 Å². The number of rotatable bonds is 6. The van der Waals surface area contributed by atoms with Crippen LogP contribution in [0.4, 0.5) is 0 Å². The van der Waals surface area contributed by atoms with Gasteiger partial charge >= 0.3 is 0 Å². The van der Waals surface area contributed by atoms with Crippen LogP contribution in [0.5, 0.6) is 5.75 Å². The second kappa shape index (κ2) is 6.86. The molecule has 1 aromatic carbocycles. The molecule has 0 amide bonds. The van der Waals surface area contributed by atoms with Crippen LogP contribution in [0, 0.1) is 11.3 Å². The van der Waals surface area contributed by atoms with E-state index >= 15 is 0 Å². The maximum atomic E-state index is 8.48. The second-order valence-corrected chi connectivity index (χ2v) is 3.81. The van der Waals surface area contributed by atoms with Crippen molar-refractivity contribution in [3.05, 3.63) is 29.8 Å². The summed E-state index contributed by atoms with van der Waals surface area (Å²) in [6, 6.07) is 10.3. The van der Waals surface area contributed by atoms with Crippen molar-refractivity contribution in [1.29, 1.82) is 5.26 Å². The number of hydrogen-bond acceptors (Lipinski definition) is 3. The topological polar surface area (TPSA) is 36.3 Å². The van der Waals surface area contributed by atoms with E-state index in [0.29, 0.717) is 6.42 Å². The van der Waals surface area contributed by atoms with Gasteiger partial charge in [-0.2, -0.15) is 5.26 Å². The van der Waals surface area contributed by atoms with E-state index in [1.165, 1.54) is 5.56 Å². The maximum Gasteiger partial charge on any atom is 0.119 e. The van der Waals surface area contributed by atoms with Crippen LogP contribution in [-0.4, -0.2) is 32.1 Å². The number of methoxy groups -OCH3 is 1. The minimum Gasteiger partial charge on any atom is -0.497 e. The normalized spacial score (nSPS) is 10.1. The number of nitrogens with zero attached hydrogens (tertiary/aromatic N) is 2. The third-order valence-electron chi connectivity index (χ3n) is 2.52. The summed E-state index contributed by atoms with van der Waals surface area (Å²) in [5.74, 6) is 0.900. The molecule has 0 bridgehead atoms. The first kappa shape index (κ1) is 12.5. The lowest BCUT2D eigenvalue weighted by atomic mass is 10.1. The molecule has 1 rings (SSSR count). The summed E-state index contributed by atoms with van der Waals surface area (Å²) in [5, 5.41) is 8.48. The lowest BCUT2D eigenvalue weighted by Crippen LogP contribution is -2.22. The standard InChI is InChI=1S/C13H18N2O/c1-15(9-4-8-14)10-7-12-5-3-6-13(11-12)16-2/h3,5-6,11H,4,7,9-10H2,1-2H3. The number of likely N-dealkylation sites (N-methyl/N-ethyl adjacent to an activating group) is 1. The van der Waals surface area contributed by atoms with Gasteiger partial charge in [-0.25, -0.2) is 0 Å². The van der Waals surface area contributed by atoms with Gasteiger partial charge in [-0.05, 0) is 31.2 Å². The van der Waals surface area contributed by atoms with Crippen molar-refractivity contribution in [2.75, 3.05) is 27.2 Å². The van der Waals surface area contributed by atoms with Gasteiger partial charge in [-0.1, -0.05) is 12.1 Å². The molecule has 0 N–H and O–H groups in total. The average Bonchev–Trinajstić information content (AvgIpc) is 2.34. The van der Waals surface area contributed by atoms with Crippen molar-refractivity contribution in [1.82, 2.24) is 4.90 Å². The van der Waals surface area contributed by atoms with Crippen molar-refractivity contribution in [2.24, 2.45) is 0 Å². The first-order chi connectivity index (χ1) is 7.76. The molecule has 1 aromatic rings. The Bertz CT molecular complexity index is 357. The molecule has 0 aliphatic rings. The average molecular weight is 218 g/mol. The van der Waals surface area contributed by atoms with Gasteiger partial charge in [0.2, 0.25) is 0 Å². The Morgan fingerprint density at radius 2 is 2.19 bits per heavy atom. The van der Waals surface area contributed by atoms with E-state index in [9.17, 15) is 0 Å². The predicted octanol–water partition coefficient (Wildman–Crippen LogP) is 2.08. The largest absolute Gasteiger partial charge is 0.497 e. The summed E-state index contributed by atoms with van der Waals surface area (Å²) in [4.78, 5) is 2.17. The Kier molecular flexibility index (Phi) is 5.38. The second-order valence-electron chi connectivity index (χ2n) is 3.81. The van der Waals surface area contributed by atoms with Gasteiger partial charge in [0.05, 0.1) is 13.2 Å². The Hall–Kier alpha value is -1.53. The molecule has 0 spiro atoms. The van der Waals surface area contributed by atoms with Gasteiger partial charge in [0.1, 0.15) is 5.75 Å². The zero-order valence-electron chi connectivity index (χ0n) is 9.94. The first-order valence-electron chi connectivity index (χ1n) is 5.44. The Morgan fingerprint density at radius 3 is 2.88 bits per heavy atom. The highest BCUT2D eigenvalue weighted by molar-refractivity contribution is 5.28. The molecule has 0 unspecified atom stereocenters. The van der Waals surface area contributed by atoms with Gasteiger partial charge in [0.15, 0.2) is 0 Å². The predicted molar refractivity (Wildman–Crippen MR) is 64.4 cm³/mol. The molecule has 16 heavy (non-hydrogen) atoms. The molecule has 0 aliphatic carbocycles. The minimum atomic E-state index is 0.592. The Balaban J connectivity index is 2.39. The van der Waals surface area contributed by atoms with Crippen LogP contribution in [0.3, 0.4) is 0 Å². The summed E-state index contributed by atoms with van der Waals surface area (Å²) >= 11 is 0. The van der Waals surface area contributed by atoms with Crippen LogP contribution >= 0.6 is 0 Å². The lowest BCUT2D eigenvalue weighted by molar-refractivity contribution is 0.346. The molecule has 0 saturated carbocycles. The Morgan fingerprint density at radius 1 is 1.38 bits per heavy atom. The van der Waals surface area contributed by atoms with E-state index in [2.05, 4.69) is 23.1 Å². The molecule has 0 saturated heterocycles. The van der Waals surface area contributed by atoms with Crippen molar-refractivity contribution < 1.29 is 4.74 Å². The van der Waals surface area contributed by atoms with Crippen LogP contribution in [0.1, 0.15) is 12.0 Å². The van der Waals surface area contributed by atoms with E-state index in [1.807, 2.05) is 19.2 Å². The smallest absolute Gasteiger partial charge is 0.119 e. The minimum absolute atomic E-state index is 0.592. The lowest BCUT2D eigenvalue weighted by Gasteiger charge is -2.14. The van der Waals surface area contributed by atoms with Crippen molar-refractivity contribution in [2.45, 2.75) is 12.8 Å². The van der Waals surface area contributed by atoms with Crippen LogP contribution in [0.25, 0.3) is 0 Å². The van der Waals surface area contributed by atoms with Crippen LogP contribution < -0.4 is 4.74 Å². The molecule has 0 radical (unpaired) electrons. The molecular formula is C13H18N2O. The van der Waals surface area contributed by atoms with Gasteiger partial charge < -0.3 is 9.64 Å². The van der Waals surface area contributed by atoms with E-state index < -0.39 is 0 Å². The highest BCUT2D eigenvalue weighted by Crippen LogP contribution is 2.13. The van der Waals surface area contributed by atoms with Crippen LogP contribution in [0.2, 0.25) is 0 Å². The van der Waals surface area contributed by atoms with Gasteiger partial charge in [0.25, 0.3) is 0 Å². The summed E-state index contributed by atoms with van der Waals surface area (Å²) in [6.07, 6.45) is 1.58. The summed E-state index contributed by atoms with van der Waals surface area (Å²) in [6.45, 7) is 1.80. The quantitative estimate of drug-likeness (QED) is 0.733. The first-order valence-corrected chi connectivity index (χ1v) is 5.44. The molecular weight excluding hydrogens is 200 g/mol. The Labute approximate surface area is 97.3 Å². The highest BCUT2D eigenvalue weighted by atomic mass is 16.5.